The van der Waals surface area contributed by atoms with Crippen LogP contribution in [0.15, 0.2) is 23.1 Å². The highest BCUT2D eigenvalue weighted by atomic mass is 16.5. The Balaban J connectivity index is 2.80. The summed E-state index contributed by atoms with van der Waals surface area (Å²) in [6.07, 6.45) is 0.730. The highest BCUT2D eigenvalue weighted by Gasteiger charge is 2.30. The highest BCUT2D eigenvalue weighted by Crippen LogP contribution is 2.43. The van der Waals surface area contributed by atoms with Crippen molar-refractivity contribution in [3.8, 4) is 23.0 Å². The molecule has 0 amide bonds. The van der Waals surface area contributed by atoms with Crippen molar-refractivity contribution >= 4 is 11.9 Å². The molecule has 2 rings (SSSR count). The van der Waals surface area contributed by atoms with E-state index in [1.165, 1.54) is 28.4 Å². The van der Waals surface area contributed by atoms with Crippen molar-refractivity contribution in [2.24, 2.45) is 0 Å². The van der Waals surface area contributed by atoms with Gasteiger partial charge in [-0.05, 0) is 17.7 Å². The lowest BCUT2D eigenvalue weighted by molar-refractivity contribution is -0.140. The van der Waals surface area contributed by atoms with Gasteiger partial charge in [-0.3, -0.25) is 9.59 Å². The number of rotatable bonds is 8. The van der Waals surface area contributed by atoms with Crippen LogP contribution in [0.25, 0.3) is 0 Å². The summed E-state index contributed by atoms with van der Waals surface area (Å²) in [5.41, 5.74) is -0.771. The molecule has 30 heavy (non-hydrogen) atoms. The van der Waals surface area contributed by atoms with Crippen LogP contribution in [0, 0.1) is 0 Å². The lowest BCUT2D eigenvalue weighted by atomic mass is 9.87. The van der Waals surface area contributed by atoms with Gasteiger partial charge in [0.25, 0.3) is 5.56 Å². The lowest BCUT2D eigenvalue weighted by Gasteiger charge is -2.21. The van der Waals surface area contributed by atoms with Gasteiger partial charge < -0.3 is 33.8 Å². The van der Waals surface area contributed by atoms with Gasteiger partial charge >= 0.3 is 11.9 Å². The summed E-state index contributed by atoms with van der Waals surface area (Å²) >= 11 is 0. The molecule has 10 heteroatoms. The first-order valence-corrected chi connectivity index (χ1v) is 8.72. The van der Waals surface area contributed by atoms with Crippen LogP contribution in [0.5, 0.6) is 23.0 Å². The van der Waals surface area contributed by atoms with E-state index < -0.39 is 29.2 Å². The third-order valence-corrected chi connectivity index (χ3v) is 4.54. The molecule has 0 bridgehead atoms. The number of aromatic nitrogens is 1. The maximum absolute atomic E-state index is 12.6. The van der Waals surface area contributed by atoms with Gasteiger partial charge in [-0.1, -0.05) is 0 Å². The second kappa shape index (κ2) is 9.68. The predicted octanol–water partition coefficient (Wildman–Crippen LogP) is 1.59. The summed E-state index contributed by atoms with van der Waals surface area (Å²) in [6, 6.07) is 3.08. The SMILES string of the molecule is COC(=O)CC(c1cc(OC)c(OC)c(OC)c1)c1c(O)c(C(=O)OC)c[nH]c1=O. The number of ether oxygens (including phenoxy) is 5. The van der Waals surface area contributed by atoms with E-state index in [-0.39, 0.29) is 29.0 Å². The Morgan fingerprint density at radius 1 is 1.00 bits per heavy atom. The van der Waals surface area contributed by atoms with E-state index in [1.54, 1.807) is 12.1 Å². The van der Waals surface area contributed by atoms with E-state index in [4.69, 9.17) is 18.9 Å². The van der Waals surface area contributed by atoms with Gasteiger partial charge in [-0.25, -0.2) is 4.79 Å². The number of aromatic amines is 1. The predicted molar refractivity (Wildman–Crippen MR) is 105 cm³/mol. The monoisotopic (exact) mass is 421 g/mol. The topological polar surface area (TPSA) is 133 Å². The Labute approximate surface area is 172 Å². The molecule has 0 aliphatic rings. The Morgan fingerprint density at radius 3 is 2.07 bits per heavy atom. The molecule has 0 saturated carbocycles. The lowest BCUT2D eigenvalue weighted by Crippen LogP contribution is -2.22. The molecule has 10 nitrogen and oxygen atoms in total. The summed E-state index contributed by atoms with van der Waals surface area (Å²) in [5, 5.41) is 10.7. The normalized spacial score (nSPS) is 11.4. The van der Waals surface area contributed by atoms with Gasteiger partial charge in [-0.15, -0.1) is 0 Å². The minimum absolute atomic E-state index is 0.211. The number of aromatic hydroxyl groups is 1. The first kappa shape index (κ1) is 22.6. The standard InChI is InChI=1S/C20H23NO9/c1-26-13-6-10(7-14(27-2)18(13)29-4)11(8-15(22)28-3)16-17(23)12(20(25)30-5)9-21-19(16)24/h6-7,9,11H,8H2,1-5H3,(H2,21,23,24). The smallest absolute Gasteiger partial charge is 0.343 e. The Bertz CT molecular complexity index is 971. The van der Waals surface area contributed by atoms with Crippen molar-refractivity contribution in [3.63, 3.8) is 0 Å². The maximum Gasteiger partial charge on any atom is 0.343 e. The molecule has 0 fully saturated rings. The zero-order valence-corrected chi connectivity index (χ0v) is 17.2. The Kier molecular flexibility index (Phi) is 7.29. The number of H-pyrrole nitrogens is 1. The summed E-state index contributed by atoms with van der Waals surface area (Å²) in [4.78, 5) is 39.1. The zero-order valence-electron chi connectivity index (χ0n) is 17.2. The average molecular weight is 421 g/mol. The number of esters is 2. The molecule has 1 aromatic carbocycles. The largest absolute Gasteiger partial charge is 0.506 e. The molecular weight excluding hydrogens is 398 g/mol. The molecule has 2 aromatic rings. The summed E-state index contributed by atoms with van der Waals surface area (Å²) in [7, 11) is 6.60. The van der Waals surface area contributed by atoms with Gasteiger partial charge in [-0.2, -0.15) is 0 Å². The van der Waals surface area contributed by atoms with Gasteiger partial charge in [0, 0.05) is 12.1 Å². The fraction of sp³-hybridized carbons (Fsp3) is 0.350. The van der Waals surface area contributed by atoms with Crippen LogP contribution in [0.2, 0.25) is 0 Å². The van der Waals surface area contributed by atoms with Crippen molar-refractivity contribution in [3.05, 3.63) is 45.4 Å². The number of hydrogen-bond donors (Lipinski definition) is 2. The first-order chi connectivity index (χ1) is 14.3. The third kappa shape index (κ3) is 4.32. The fourth-order valence-electron chi connectivity index (χ4n) is 3.06. The average Bonchev–Trinajstić information content (AvgIpc) is 2.76. The molecule has 0 aliphatic heterocycles. The zero-order chi connectivity index (χ0) is 22.4. The summed E-state index contributed by atoms with van der Waals surface area (Å²) in [5.74, 6) is -2.24. The first-order valence-electron chi connectivity index (χ1n) is 8.72. The second-order valence-electron chi connectivity index (χ2n) is 6.08. The second-order valence-corrected chi connectivity index (χ2v) is 6.08. The number of nitrogens with one attached hydrogen (secondary N) is 1. The minimum atomic E-state index is -1.00. The minimum Gasteiger partial charge on any atom is -0.506 e. The van der Waals surface area contributed by atoms with Crippen LogP contribution < -0.4 is 19.8 Å². The molecule has 162 valence electrons. The number of carbonyl (C=O) groups is 2. The Hall–Kier alpha value is -3.69. The van der Waals surface area contributed by atoms with E-state index in [9.17, 15) is 19.5 Å². The quantitative estimate of drug-likeness (QED) is 0.609. The highest BCUT2D eigenvalue weighted by molar-refractivity contribution is 5.92. The van der Waals surface area contributed by atoms with Crippen LogP contribution >= 0.6 is 0 Å². The third-order valence-electron chi connectivity index (χ3n) is 4.54. The molecule has 1 aromatic heterocycles. The van der Waals surface area contributed by atoms with E-state index in [0.717, 1.165) is 13.3 Å². The molecule has 0 saturated heterocycles. The van der Waals surface area contributed by atoms with Crippen molar-refractivity contribution in [1.82, 2.24) is 4.98 Å². The molecule has 0 aliphatic carbocycles. The van der Waals surface area contributed by atoms with Gasteiger partial charge in [0.15, 0.2) is 11.5 Å². The van der Waals surface area contributed by atoms with E-state index in [2.05, 4.69) is 9.72 Å². The van der Waals surface area contributed by atoms with Crippen LogP contribution in [0.3, 0.4) is 0 Å². The van der Waals surface area contributed by atoms with E-state index in [1.807, 2.05) is 0 Å². The molecule has 1 atom stereocenters. The number of pyridine rings is 1. The molecule has 0 radical (unpaired) electrons. The maximum atomic E-state index is 12.6. The van der Waals surface area contributed by atoms with E-state index >= 15 is 0 Å². The van der Waals surface area contributed by atoms with Crippen LogP contribution in [0.1, 0.15) is 33.8 Å². The fourth-order valence-corrected chi connectivity index (χ4v) is 3.06. The molecule has 2 N–H and O–H groups in total. The number of hydrogen-bond acceptors (Lipinski definition) is 9. The van der Waals surface area contributed by atoms with Crippen LogP contribution in [-0.2, 0) is 14.3 Å². The van der Waals surface area contributed by atoms with E-state index in [0.29, 0.717) is 11.3 Å². The van der Waals surface area contributed by atoms with Gasteiger partial charge in [0.05, 0.1) is 47.5 Å². The summed E-state index contributed by atoms with van der Waals surface area (Å²) in [6.45, 7) is 0. The van der Waals surface area contributed by atoms with Gasteiger partial charge in [0.2, 0.25) is 5.75 Å². The van der Waals surface area contributed by atoms with Crippen molar-refractivity contribution in [2.45, 2.75) is 12.3 Å². The Morgan fingerprint density at radius 2 is 1.60 bits per heavy atom. The van der Waals surface area contributed by atoms with Gasteiger partial charge in [0.1, 0.15) is 11.3 Å². The molecular formula is C20H23NO9. The van der Waals surface area contributed by atoms with Crippen molar-refractivity contribution < 1.29 is 38.4 Å². The van der Waals surface area contributed by atoms with Crippen LogP contribution in [-0.4, -0.2) is 57.6 Å². The van der Waals surface area contributed by atoms with Crippen molar-refractivity contribution in [1.29, 1.82) is 0 Å². The number of methoxy groups -OCH3 is 5. The summed E-state index contributed by atoms with van der Waals surface area (Å²) < 4.78 is 25.3. The molecule has 0 spiro atoms. The van der Waals surface area contributed by atoms with Crippen molar-refractivity contribution in [2.75, 3.05) is 35.5 Å². The molecule has 1 heterocycles. The number of carbonyl (C=O) groups excluding carboxylic acids is 2. The molecule has 1 unspecified atom stereocenters. The van der Waals surface area contributed by atoms with Crippen LogP contribution in [0.4, 0.5) is 0 Å². The number of benzene rings is 1.